The molecule has 2 aliphatic rings. The number of likely N-dealkylation sites (tertiary alicyclic amines) is 2. The molecule has 0 spiro atoms. The van der Waals surface area contributed by atoms with Gasteiger partial charge in [0.15, 0.2) is 11.5 Å². The lowest BCUT2D eigenvalue weighted by molar-refractivity contribution is -0.130. The number of rotatable bonds is 11. The average Bonchev–Trinajstić information content (AvgIpc) is 3.13. The largest absolute Gasteiger partial charge is 0.493 e. The van der Waals surface area contributed by atoms with Crippen molar-refractivity contribution in [1.82, 2.24) is 9.80 Å². The van der Waals surface area contributed by atoms with E-state index in [2.05, 4.69) is 11.0 Å². The minimum Gasteiger partial charge on any atom is -0.493 e. The molecule has 0 aromatic heterocycles. The molecule has 1 N–H and O–H groups in total. The van der Waals surface area contributed by atoms with Crippen molar-refractivity contribution in [2.45, 2.75) is 64.0 Å². The van der Waals surface area contributed by atoms with Crippen molar-refractivity contribution < 1.29 is 24.1 Å². The van der Waals surface area contributed by atoms with Crippen LogP contribution in [0.5, 0.6) is 17.2 Å². The number of carbonyl (C=O) groups excluding carboxylic acids is 1. The highest BCUT2D eigenvalue weighted by atomic mass is 35.5. The van der Waals surface area contributed by atoms with Crippen molar-refractivity contribution in [3.63, 3.8) is 0 Å². The Hall–Kier alpha value is -2.48. The van der Waals surface area contributed by atoms with Crippen LogP contribution in [0.3, 0.4) is 0 Å². The van der Waals surface area contributed by atoms with Crippen LogP contribution >= 0.6 is 11.6 Å². The predicted octanol–water partition coefficient (Wildman–Crippen LogP) is 5.23. The molecule has 0 bridgehead atoms. The van der Waals surface area contributed by atoms with Crippen LogP contribution in [0.25, 0.3) is 0 Å². The van der Waals surface area contributed by atoms with Gasteiger partial charge < -0.3 is 24.2 Å². The molecular weight excluding hydrogens is 504 g/mol. The van der Waals surface area contributed by atoms with Gasteiger partial charge in [0.2, 0.25) is 5.91 Å². The van der Waals surface area contributed by atoms with Crippen molar-refractivity contribution >= 4 is 17.5 Å². The predicted molar refractivity (Wildman–Crippen MR) is 149 cm³/mol. The monoisotopic (exact) mass is 544 g/mol. The van der Waals surface area contributed by atoms with E-state index in [1.165, 1.54) is 0 Å². The number of nitrogens with zero attached hydrogens (tertiary/aromatic N) is 2. The fourth-order valence-electron chi connectivity index (χ4n) is 5.11. The second-order valence-corrected chi connectivity index (χ2v) is 11.0. The number of piperidine rings is 1. The summed E-state index contributed by atoms with van der Waals surface area (Å²) in [7, 11) is 1.66. The Labute approximate surface area is 231 Å². The Morgan fingerprint density at radius 2 is 1.79 bits per heavy atom. The third-order valence-electron chi connectivity index (χ3n) is 7.51. The number of amides is 1. The van der Waals surface area contributed by atoms with Crippen molar-refractivity contribution in [3.8, 4) is 17.2 Å². The number of benzene rings is 2. The van der Waals surface area contributed by atoms with Crippen molar-refractivity contribution in [2.24, 2.45) is 0 Å². The standard InChI is InChI=1S/C30H41ClN2O5/c1-23-8-10-25(31)27(19-23)38-22-30(35)12-16-32(17-13-30)21-24-9-11-26(28(20-24)36-2)37-18-6-15-33-14-5-3-4-7-29(33)34/h8-11,19-20,35H,3-7,12-18,21-22H2,1-2H3. The van der Waals surface area contributed by atoms with Gasteiger partial charge in [-0.1, -0.05) is 30.2 Å². The Kier molecular flexibility index (Phi) is 10.2. The number of ether oxygens (including phenoxy) is 3. The molecule has 2 aliphatic heterocycles. The van der Waals surface area contributed by atoms with Crippen LogP contribution < -0.4 is 14.2 Å². The number of aliphatic hydroxyl groups is 1. The summed E-state index contributed by atoms with van der Waals surface area (Å²) in [6.45, 7) is 6.69. The number of halogens is 1. The summed E-state index contributed by atoms with van der Waals surface area (Å²) in [5, 5.41) is 11.6. The van der Waals surface area contributed by atoms with Crippen LogP contribution in [0.2, 0.25) is 5.02 Å². The second-order valence-electron chi connectivity index (χ2n) is 10.6. The van der Waals surface area contributed by atoms with Crippen molar-refractivity contribution in [2.75, 3.05) is 46.5 Å². The van der Waals surface area contributed by atoms with Gasteiger partial charge in [0.1, 0.15) is 18.0 Å². The fraction of sp³-hybridized carbons (Fsp3) is 0.567. The molecule has 0 atom stereocenters. The molecular formula is C30H41ClN2O5. The Balaban J connectivity index is 1.22. The van der Waals surface area contributed by atoms with Crippen molar-refractivity contribution in [1.29, 1.82) is 0 Å². The molecule has 1 amide bonds. The number of hydrogen-bond donors (Lipinski definition) is 1. The van der Waals surface area contributed by atoms with Gasteiger partial charge in [-0.05, 0) is 74.4 Å². The zero-order chi connectivity index (χ0) is 27.0. The topological polar surface area (TPSA) is 71.5 Å². The minimum atomic E-state index is -0.864. The maximum atomic E-state index is 12.2. The molecule has 0 unspecified atom stereocenters. The van der Waals surface area contributed by atoms with Gasteiger partial charge in [-0.3, -0.25) is 9.69 Å². The first-order valence-electron chi connectivity index (χ1n) is 13.8. The summed E-state index contributed by atoms with van der Waals surface area (Å²) >= 11 is 6.24. The highest BCUT2D eigenvalue weighted by Crippen LogP contribution is 2.31. The number of carbonyl (C=O) groups is 1. The second kappa shape index (κ2) is 13.5. The third kappa shape index (κ3) is 8.01. The molecule has 4 rings (SSSR count). The molecule has 2 fully saturated rings. The zero-order valence-electron chi connectivity index (χ0n) is 22.7. The summed E-state index contributed by atoms with van der Waals surface area (Å²) < 4.78 is 17.5. The Bertz CT molecular complexity index is 1070. The molecule has 0 saturated carbocycles. The van der Waals surface area contributed by atoms with Gasteiger partial charge in [0.25, 0.3) is 0 Å². The van der Waals surface area contributed by atoms with Crippen LogP contribution in [0.1, 0.15) is 56.1 Å². The lowest BCUT2D eigenvalue weighted by Gasteiger charge is -2.38. The lowest BCUT2D eigenvalue weighted by Crippen LogP contribution is -2.47. The van der Waals surface area contributed by atoms with Gasteiger partial charge in [0.05, 0.1) is 18.7 Å². The summed E-state index contributed by atoms with van der Waals surface area (Å²) in [5.41, 5.74) is 1.34. The molecule has 8 heteroatoms. The fourth-order valence-corrected chi connectivity index (χ4v) is 5.28. The first-order valence-corrected chi connectivity index (χ1v) is 14.1. The maximum Gasteiger partial charge on any atom is 0.222 e. The van der Waals surface area contributed by atoms with Gasteiger partial charge in [0, 0.05) is 39.1 Å². The number of aryl methyl sites for hydroxylation is 1. The van der Waals surface area contributed by atoms with E-state index in [4.69, 9.17) is 25.8 Å². The molecule has 38 heavy (non-hydrogen) atoms. The van der Waals surface area contributed by atoms with E-state index in [1.807, 2.05) is 42.2 Å². The van der Waals surface area contributed by atoms with Crippen LogP contribution in [0.15, 0.2) is 36.4 Å². The molecule has 0 radical (unpaired) electrons. The van der Waals surface area contributed by atoms with E-state index in [0.29, 0.717) is 42.4 Å². The van der Waals surface area contributed by atoms with Crippen LogP contribution in [0.4, 0.5) is 0 Å². The highest BCUT2D eigenvalue weighted by molar-refractivity contribution is 6.32. The first kappa shape index (κ1) is 28.5. The maximum absolute atomic E-state index is 12.2. The van der Waals surface area contributed by atoms with Gasteiger partial charge in [-0.15, -0.1) is 0 Å². The van der Waals surface area contributed by atoms with Crippen molar-refractivity contribution in [3.05, 3.63) is 52.5 Å². The number of methoxy groups -OCH3 is 1. The van der Waals surface area contributed by atoms with Gasteiger partial charge >= 0.3 is 0 Å². The van der Waals surface area contributed by atoms with Gasteiger partial charge in [-0.2, -0.15) is 0 Å². The molecule has 2 saturated heterocycles. The van der Waals surface area contributed by atoms with E-state index in [-0.39, 0.29) is 12.5 Å². The molecule has 7 nitrogen and oxygen atoms in total. The molecule has 2 aromatic rings. The Morgan fingerprint density at radius 1 is 0.974 bits per heavy atom. The van der Waals surface area contributed by atoms with Crippen LogP contribution in [-0.4, -0.2) is 72.9 Å². The summed E-state index contributed by atoms with van der Waals surface area (Å²) in [6.07, 6.45) is 5.97. The number of hydrogen-bond acceptors (Lipinski definition) is 6. The summed E-state index contributed by atoms with van der Waals surface area (Å²) in [4.78, 5) is 16.5. The third-order valence-corrected chi connectivity index (χ3v) is 7.82. The lowest BCUT2D eigenvalue weighted by atomic mass is 9.92. The van der Waals surface area contributed by atoms with E-state index in [0.717, 1.165) is 75.3 Å². The SMILES string of the molecule is COc1cc(CN2CCC(O)(COc3cc(C)ccc3Cl)CC2)ccc1OCCCN1CCCCCC1=O. The van der Waals surface area contributed by atoms with E-state index >= 15 is 0 Å². The van der Waals surface area contributed by atoms with Crippen LogP contribution in [0, 0.1) is 6.92 Å². The molecule has 0 aliphatic carbocycles. The minimum absolute atomic E-state index is 0.232. The quantitative estimate of drug-likeness (QED) is 0.390. The summed E-state index contributed by atoms with van der Waals surface area (Å²) in [6, 6.07) is 11.7. The normalized spacial score (nSPS) is 18.2. The van der Waals surface area contributed by atoms with E-state index in [1.54, 1.807) is 7.11 Å². The van der Waals surface area contributed by atoms with E-state index in [9.17, 15) is 9.90 Å². The summed E-state index contributed by atoms with van der Waals surface area (Å²) in [5.74, 6) is 2.32. The Morgan fingerprint density at radius 3 is 2.58 bits per heavy atom. The van der Waals surface area contributed by atoms with E-state index < -0.39 is 5.60 Å². The molecule has 2 aromatic carbocycles. The van der Waals surface area contributed by atoms with Gasteiger partial charge in [-0.25, -0.2) is 0 Å². The first-order chi connectivity index (χ1) is 18.3. The zero-order valence-corrected chi connectivity index (χ0v) is 23.5. The molecule has 2 heterocycles. The average molecular weight is 545 g/mol. The molecule has 208 valence electrons. The van der Waals surface area contributed by atoms with Crippen LogP contribution in [-0.2, 0) is 11.3 Å². The smallest absolute Gasteiger partial charge is 0.222 e. The highest BCUT2D eigenvalue weighted by Gasteiger charge is 2.33.